The summed E-state index contributed by atoms with van der Waals surface area (Å²) in [5.74, 6) is -2.62. The highest BCUT2D eigenvalue weighted by Gasteiger charge is 2.66. The molecular formula is C15H18FNO3. The summed E-state index contributed by atoms with van der Waals surface area (Å²) < 4.78 is 13.1. The number of carbonyl (C=O) groups excluding carboxylic acids is 1. The van der Waals surface area contributed by atoms with E-state index in [4.69, 9.17) is 5.11 Å². The van der Waals surface area contributed by atoms with E-state index < -0.39 is 23.2 Å². The Bertz CT molecular complexity index is 556. The molecule has 1 aromatic carbocycles. The van der Waals surface area contributed by atoms with Gasteiger partial charge in [0.15, 0.2) is 0 Å². The molecule has 1 aliphatic carbocycles. The standard InChI is InChI=1S/C15H18FNO3/c1-15(2)11(12(15)14(19)20)13(18)17(3)8-9-5-4-6-10(16)7-9/h4-7,11-12H,8H2,1-3H3,(H,19,20). The third-order valence-electron chi connectivity index (χ3n) is 4.04. The number of amides is 1. The molecule has 2 unspecified atom stereocenters. The number of rotatable bonds is 4. The quantitative estimate of drug-likeness (QED) is 0.918. The largest absolute Gasteiger partial charge is 0.481 e. The molecule has 0 radical (unpaired) electrons. The number of carboxylic acid groups (broad SMARTS) is 1. The minimum Gasteiger partial charge on any atom is -0.481 e. The van der Waals surface area contributed by atoms with Gasteiger partial charge in [0.2, 0.25) is 5.91 Å². The van der Waals surface area contributed by atoms with Gasteiger partial charge in [0.25, 0.3) is 0 Å². The maximum absolute atomic E-state index is 13.1. The first-order chi connectivity index (χ1) is 9.25. The molecule has 0 aliphatic heterocycles. The monoisotopic (exact) mass is 279 g/mol. The second-order valence-electron chi connectivity index (χ2n) is 5.94. The Balaban J connectivity index is 2.05. The van der Waals surface area contributed by atoms with Crippen LogP contribution in [-0.2, 0) is 16.1 Å². The maximum Gasteiger partial charge on any atom is 0.307 e. The van der Waals surface area contributed by atoms with Crippen LogP contribution in [-0.4, -0.2) is 28.9 Å². The Morgan fingerprint density at radius 2 is 2.00 bits per heavy atom. The third-order valence-corrected chi connectivity index (χ3v) is 4.04. The summed E-state index contributed by atoms with van der Waals surface area (Å²) >= 11 is 0. The molecule has 4 nitrogen and oxygen atoms in total. The molecule has 20 heavy (non-hydrogen) atoms. The molecule has 0 spiro atoms. The van der Waals surface area contributed by atoms with Crippen molar-refractivity contribution in [2.75, 3.05) is 7.05 Å². The van der Waals surface area contributed by atoms with Gasteiger partial charge in [-0.3, -0.25) is 9.59 Å². The fourth-order valence-electron chi connectivity index (χ4n) is 2.78. The summed E-state index contributed by atoms with van der Waals surface area (Å²) in [6.07, 6.45) is 0. The number of hydrogen-bond acceptors (Lipinski definition) is 2. The number of benzene rings is 1. The van der Waals surface area contributed by atoms with Gasteiger partial charge in [0.05, 0.1) is 11.8 Å². The Kier molecular flexibility index (Phi) is 3.54. The first-order valence-electron chi connectivity index (χ1n) is 6.47. The van der Waals surface area contributed by atoms with Crippen molar-refractivity contribution >= 4 is 11.9 Å². The molecule has 0 aromatic heterocycles. The lowest BCUT2D eigenvalue weighted by atomic mass is 10.1. The van der Waals surface area contributed by atoms with Crippen LogP contribution in [0.3, 0.4) is 0 Å². The topological polar surface area (TPSA) is 57.6 Å². The molecule has 1 fully saturated rings. The van der Waals surface area contributed by atoms with E-state index in [9.17, 15) is 14.0 Å². The molecular weight excluding hydrogens is 261 g/mol. The van der Waals surface area contributed by atoms with E-state index in [-0.39, 0.29) is 18.3 Å². The van der Waals surface area contributed by atoms with Crippen molar-refractivity contribution in [1.82, 2.24) is 4.90 Å². The first kappa shape index (κ1) is 14.5. The summed E-state index contributed by atoms with van der Waals surface area (Å²) in [6.45, 7) is 3.84. The summed E-state index contributed by atoms with van der Waals surface area (Å²) in [4.78, 5) is 24.9. The summed E-state index contributed by atoms with van der Waals surface area (Å²) in [6, 6.07) is 6.04. The van der Waals surface area contributed by atoms with Gasteiger partial charge in [0, 0.05) is 13.6 Å². The number of carboxylic acids is 1. The van der Waals surface area contributed by atoms with Gasteiger partial charge in [-0.1, -0.05) is 26.0 Å². The molecule has 1 N–H and O–H groups in total. The van der Waals surface area contributed by atoms with Crippen LogP contribution in [0.1, 0.15) is 19.4 Å². The Hall–Kier alpha value is -1.91. The van der Waals surface area contributed by atoms with Crippen LogP contribution < -0.4 is 0 Å². The normalized spacial score (nSPS) is 23.2. The van der Waals surface area contributed by atoms with Gasteiger partial charge in [-0.15, -0.1) is 0 Å². The Morgan fingerprint density at radius 3 is 2.50 bits per heavy atom. The van der Waals surface area contributed by atoms with E-state index in [0.717, 1.165) is 0 Å². The molecule has 2 atom stereocenters. The van der Waals surface area contributed by atoms with E-state index in [2.05, 4.69) is 0 Å². The van der Waals surface area contributed by atoms with Gasteiger partial charge >= 0.3 is 5.97 Å². The van der Waals surface area contributed by atoms with Crippen molar-refractivity contribution < 1.29 is 19.1 Å². The highest BCUT2D eigenvalue weighted by molar-refractivity contribution is 5.91. The van der Waals surface area contributed by atoms with E-state index in [1.54, 1.807) is 33.0 Å². The van der Waals surface area contributed by atoms with Crippen LogP contribution in [0.25, 0.3) is 0 Å². The average molecular weight is 279 g/mol. The first-order valence-corrected chi connectivity index (χ1v) is 6.47. The molecule has 1 aromatic rings. The summed E-state index contributed by atoms with van der Waals surface area (Å²) in [5, 5.41) is 9.10. The molecule has 0 heterocycles. The van der Waals surface area contributed by atoms with Crippen LogP contribution in [0.15, 0.2) is 24.3 Å². The van der Waals surface area contributed by atoms with Crippen LogP contribution in [0.2, 0.25) is 0 Å². The van der Waals surface area contributed by atoms with Crippen LogP contribution in [0.4, 0.5) is 4.39 Å². The van der Waals surface area contributed by atoms with Gasteiger partial charge in [-0.2, -0.15) is 0 Å². The lowest BCUT2D eigenvalue weighted by Gasteiger charge is -2.18. The van der Waals surface area contributed by atoms with Gasteiger partial charge in [-0.05, 0) is 23.1 Å². The number of carbonyl (C=O) groups is 2. The zero-order valence-electron chi connectivity index (χ0n) is 11.8. The summed E-state index contributed by atoms with van der Waals surface area (Å²) in [7, 11) is 1.61. The van der Waals surface area contributed by atoms with Gasteiger partial charge in [-0.25, -0.2) is 4.39 Å². The maximum atomic E-state index is 13.1. The van der Waals surface area contributed by atoms with Crippen LogP contribution in [0, 0.1) is 23.1 Å². The highest BCUT2D eigenvalue weighted by Crippen LogP contribution is 2.58. The van der Waals surface area contributed by atoms with Gasteiger partial charge < -0.3 is 10.0 Å². The molecule has 1 aliphatic rings. The van der Waals surface area contributed by atoms with Crippen molar-refractivity contribution in [1.29, 1.82) is 0 Å². The lowest BCUT2D eigenvalue weighted by Crippen LogP contribution is -2.29. The Morgan fingerprint density at radius 1 is 1.35 bits per heavy atom. The van der Waals surface area contributed by atoms with E-state index >= 15 is 0 Å². The minimum absolute atomic E-state index is 0.202. The van der Waals surface area contributed by atoms with E-state index in [0.29, 0.717) is 5.56 Å². The van der Waals surface area contributed by atoms with Crippen LogP contribution >= 0.6 is 0 Å². The smallest absolute Gasteiger partial charge is 0.307 e. The Labute approximate surface area is 117 Å². The van der Waals surface area contributed by atoms with Gasteiger partial charge in [0.1, 0.15) is 5.82 Å². The zero-order valence-corrected chi connectivity index (χ0v) is 11.8. The molecule has 0 saturated heterocycles. The van der Waals surface area contributed by atoms with E-state index in [1.165, 1.54) is 17.0 Å². The zero-order chi connectivity index (χ0) is 15.1. The molecule has 0 bridgehead atoms. The number of nitrogens with zero attached hydrogens (tertiary/aromatic N) is 1. The molecule has 5 heteroatoms. The van der Waals surface area contributed by atoms with E-state index in [1.807, 2.05) is 0 Å². The molecule has 108 valence electrons. The predicted molar refractivity (Wildman–Crippen MR) is 71.3 cm³/mol. The fourth-order valence-corrected chi connectivity index (χ4v) is 2.78. The van der Waals surface area contributed by atoms with Crippen molar-refractivity contribution in [3.05, 3.63) is 35.6 Å². The lowest BCUT2D eigenvalue weighted by molar-refractivity contribution is -0.141. The number of hydrogen-bond donors (Lipinski definition) is 1. The second-order valence-corrected chi connectivity index (χ2v) is 5.94. The minimum atomic E-state index is -0.937. The predicted octanol–water partition coefficient (Wildman–Crippen LogP) is 2.14. The van der Waals surface area contributed by atoms with Crippen molar-refractivity contribution in [2.45, 2.75) is 20.4 Å². The third kappa shape index (κ3) is 2.53. The SMILES string of the molecule is CN(Cc1cccc(F)c1)C(=O)C1C(C(=O)O)C1(C)C. The van der Waals surface area contributed by atoms with Crippen molar-refractivity contribution in [2.24, 2.45) is 17.3 Å². The van der Waals surface area contributed by atoms with Crippen molar-refractivity contribution in [3.63, 3.8) is 0 Å². The average Bonchev–Trinajstić information content (AvgIpc) is 2.91. The molecule has 1 saturated carbocycles. The molecule has 1 amide bonds. The second kappa shape index (κ2) is 4.89. The highest BCUT2D eigenvalue weighted by atomic mass is 19.1. The van der Waals surface area contributed by atoms with Crippen molar-refractivity contribution in [3.8, 4) is 0 Å². The number of halogens is 1. The summed E-state index contributed by atoms with van der Waals surface area (Å²) in [5.41, 5.74) is 0.172. The molecule has 2 rings (SSSR count). The van der Waals surface area contributed by atoms with Crippen LogP contribution in [0.5, 0.6) is 0 Å². The number of aliphatic carboxylic acids is 1. The fraction of sp³-hybridized carbons (Fsp3) is 0.467.